The highest BCUT2D eigenvalue weighted by molar-refractivity contribution is 6.33. The van der Waals surface area contributed by atoms with E-state index in [-0.39, 0.29) is 23.6 Å². The third kappa shape index (κ3) is 6.12. The van der Waals surface area contributed by atoms with Crippen molar-refractivity contribution in [2.45, 2.75) is 26.3 Å². The minimum Gasteiger partial charge on any atom is -0.495 e. The summed E-state index contributed by atoms with van der Waals surface area (Å²) in [6.45, 7) is 4.25. The Bertz CT molecular complexity index is 828. The fourth-order valence-electron chi connectivity index (χ4n) is 3.13. The van der Waals surface area contributed by atoms with Crippen LogP contribution in [-0.4, -0.2) is 37.4 Å². The highest BCUT2D eigenvalue weighted by Gasteiger charge is 2.33. The summed E-state index contributed by atoms with van der Waals surface area (Å²) >= 11 is 12.1. The molecule has 5 nitrogen and oxygen atoms in total. The minimum absolute atomic E-state index is 0.139. The van der Waals surface area contributed by atoms with Gasteiger partial charge in [-0.3, -0.25) is 14.5 Å². The lowest BCUT2D eigenvalue weighted by atomic mass is 10.00. The van der Waals surface area contributed by atoms with Crippen LogP contribution in [0.3, 0.4) is 0 Å². The first-order valence-electron chi connectivity index (χ1n) is 9.42. The Morgan fingerprint density at radius 2 is 1.83 bits per heavy atom. The first kappa shape index (κ1) is 23.0. The summed E-state index contributed by atoms with van der Waals surface area (Å²) in [5.41, 5.74) is 1.63. The Labute approximate surface area is 181 Å². The second-order valence-electron chi connectivity index (χ2n) is 6.93. The number of carbonyl (C=O) groups is 2. The van der Waals surface area contributed by atoms with Crippen molar-refractivity contribution in [3.05, 3.63) is 59.1 Å². The molecule has 0 spiro atoms. The summed E-state index contributed by atoms with van der Waals surface area (Å²) in [4.78, 5) is 27.1. The summed E-state index contributed by atoms with van der Waals surface area (Å²) < 4.78 is 5.18. The van der Waals surface area contributed by atoms with E-state index >= 15 is 0 Å². The molecular formula is C22H26Cl2N2O3. The third-order valence-corrected chi connectivity index (χ3v) is 5.05. The van der Waals surface area contributed by atoms with Gasteiger partial charge in [0, 0.05) is 12.2 Å². The van der Waals surface area contributed by atoms with Gasteiger partial charge in [0.2, 0.25) is 11.8 Å². The van der Waals surface area contributed by atoms with E-state index in [4.69, 9.17) is 27.9 Å². The van der Waals surface area contributed by atoms with Crippen molar-refractivity contribution >= 4 is 40.7 Å². The number of ether oxygens (including phenoxy) is 1. The van der Waals surface area contributed by atoms with Crippen molar-refractivity contribution in [1.29, 1.82) is 0 Å². The van der Waals surface area contributed by atoms with Gasteiger partial charge in [-0.15, -0.1) is 11.6 Å². The second kappa shape index (κ2) is 11.1. The molecule has 0 fully saturated rings. The minimum atomic E-state index is -0.721. The molecule has 0 saturated carbocycles. The van der Waals surface area contributed by atoms with Gasteiger partial charge >= 0.3 is 0 Å². The number of rotatable bonds is 9. The number of benzene rings is 2. The van der Waals surface area contributed by atoms with Gasteiger partial charge in [0.15, 0.2) is 0 Å². The van der Waals surface area contributed by atoms with Gasteiger partial charge in [-0.25, -0.2) is 0 Å². The fraction of sp³-hybridized carbons (Fsp3) is 0.364. The van der Waals surface area contributed by atoms with Crippen molar-refractivity contribution < 1.29 is 14.3 Å². The SMILES string of the molecule is COc1ccc(N(C(=O)CCl)C(C(=O)NCCc2ccccc2)C(C)C)cc1Cl. The summed E-state index contributed by atoms with van der Waals surface area (Å²) in [6.07, 6.45) is 0.704. The molecule has 2 aromatic carbocycles. The summed E-state index contributed by atoms with van der Waals surface area (Å²) in [5.74, 6) is -0.502. The van der Waals surface area contributed by atoms with E-state index in [9.17, 15) is 9.59 Å². The molecule has 2 rings (SSSR count). The number of anilines is 1. The van der Waals surface area contributed by atoms with E-state index in [1.54, 1.807) is 18.2 Å². The van der Waals surface area contributed by atoms with Crippen LogP contribution in [0.4, 0.5) is 5.69 Å². The molecule has 0 aliphatic carbocycles. The predicted molar refractivity (Wildman–Crippen MR) is 118 cm³/mol. The normalized spacial score (nSPS) is 11.8. The van der Waals surface area contributed by atoms with Crippen LogP contribution in [0.2, 0.25) is 5.02 Å². The van der Waals surface area contributed by atoms with Gasteiger partial charge in [-0.1, -0.05) is 55.8 Å². The molecule has 7 heteroatoms. The molecule has 29 heavy (non-hydrogen) atoms. The summed E-state index contributed by atoms with van der Waals surface area (Å²) in [7, 11) is 1.51. The zero-order chi connectivity index (χ0) is 21.4. The topological polar surface area (TPSA) is 58.6 Å². The van der Waals surface area contributed by atoms with Crippen molar-refractivity contribution in [1.82, 2.24) is 5.32 Å². The number of nitrogens with one attached hydrogen (secondary N) is 1. The monoisotopic (exact) mass is 436 g/mol. The smallest absolute Gasteiger partial charge is 0.243 e. The number of amides is 2. The molecule has 0 radical (unpaired) electrons. The molecule has 0 aliphatic heterocycles. The van der Waals surface area contributed by atoms with Crippen LogP contribution >= 0.6 is 23.2 Å². The first-order chi connectivity index (χ1) is 13.9. The number of nitrogens with zero attached hydrogens (tertiary/aromatic N) is 1. The number of halogens is 2. The van der Waals surface area contributed by atoms with E-state index in [0.29, 0.717) is 29.4 Å². The van der Waals surface area contributed by atoms with Crippen LogP contribution in [0.15, 0.2) is 48.5 Å². The quantitative estimate of drug-likeness (QED) is 0.595. The number of hydrogen-bond acceptors (Lipinski definition) is 3. The molecule has 0 aliphatic rings. The lowest BCUT2D eigenvalue weighted by Gasteiger charge is -2.33. The Kier molecular flexibility index (Phi) is 8.80. The van der Waals surface area contributed by atoms with Crippen molar-refractivity contribution in [3.63, 3.8) is 0 Å². The lowest BCUT2D eigenvalue weighted by Crippen LogP contribution is -2.53. The average Bonchev–Trinajstić information content (AvgIpc) is 2.71. The molecule has 2 amide bonds. The maximum Gasteiger partial charge on any atom is 0.243 e. The van der Waals surface area contributed by atoms with E-state index < -0.39 is 6.04 Å². The summed E-state index contributed by atoms with van der Waals surface area (Å²) in [5, 5.41) is 3.30. The molecular weight excluding hydrogens is 411 g/mol. The molecule has 2 aromatic rings. The Balaban J connectivity index is 2.23. The van der Waals surface area contributed by atoms with Crippen molar-refractivity contribution in [2.75, 3.05) is 24.4 Å². The van der Waals surface area contributed by atoms with E-state index in [2.05, 4.69) is 5.32 Å². The van der Waals surface area contributed by atoms with Crippen LogP contribution < -0.4 is 15.0 Å². The highest BCUT2D eigenvalue weighted by atomic mass is 35.5. The molecule has 1 atom stereocenters. The van der Waals surface area contributed by atoms with Crippen molar-refractivity contribution in [3.8, 4) is 5.75 Å². The molecule has 0 heterocycles. The summed E-state index contributed by atoms with van der Waals surface area (Å²) in [6, 6.07) is 14.1. The predicted octanol–water partition coefficient (Wildman–Crippen LogP) is 4.30. The highest BCUT2D eigenvalue weighted by Crippen LogP contribution is 2.31. The molecule has 0 aromatic heterocycles. The molecule has 1 N–H and O–H groups in total. The fourth-order valence-corrected chi connectivity index (χ4v) is 3.51. The van der Waals surface area contributed by atoms with Crippen LogP contribution in [0.1, 0.15) is 19.4 Å². The zero-order valence-corrected chi connectivity index (χ0v) is 18.3. The van der Waals surface area contributed by atoms with Crippen LogP contribution in [0.25, 0.3) is 0 Å². The van der Waals surface area contributed by atoms with Gasteiger partial charge in [0.05, 0.1) is 12.1 Å². The zero-order valence-electron chi connectivity index (χ0n) is 16.8. The van der Waals surface area contributed by atoms with E-state index in [1.807, 2.05) is 44.2 Å². The van der Waals surface area contributed by atoms with Gasteiger partial charge in [-0.05, 0) is 36.1 Å². The molecule has 156 valence electrons. The average molecular weight is 437 g/mol. The van der Waals surface area contributed by atoms with E-state index in [1.165, 1.54) is 12.0 Å². The van der Waals surface area contributed by atoms with Crippen LogP contribution in [0, 0.1) is 5.92 Å². The Hall–Kier alpha value is -2.24. The standard InChI is InChI=1S/C22H26Cl2N2O3/c1-15(2)21(22(28)25-12-11-16-7-5-4-6-8-16)26(20(27)14-23)17-9-10-19(29-3)18(24)13-17/h4-10,13,15,21H,11-12,14H2,1-3H3,(H,25,28). The Morgan fingerprint density at radius 1 is 1.14 bits per heavy atom. The maximum atomic E-state index is 13.0. The molecule has 0 bridgehead atoms. The lowest BCUT2D eigenvalue weighted by molar-refractivity contribution is -0.126. The van der Waals surface area contributed by atoms with Gasteiger partial charge in [-0.2, -0.15) is 0 Å². The van der Waals surface area contributed by atoms with Crippen LogP contribution in [0.5, 0.6) is 5.75 Å². The van der Waals surface area contributed by atoms with Gasteiger partial charge < -0.3 is 10.1 Å². The van der Waals surface area contributed by atoms with Gasteiger partial charge in [0.1, 0.15) is 17.7 Å². The first-order valence-corrected chi connectivity index (χ1v) is 10.3. The largest absolute Gasteiger partial charge is 0.495 e. The maximum absolute atomic E-state index is 13.0. The number of methoxy groups -OCH3 is 1. The number of hydrogen-bond donors (Lipinski definition) is 1. The van der Waals surface area contributed by atoms with E-state index in [0.717, 1.165) is 5.56 Å². The van der Waals surface area contributed by atoms with Gasteiger partial charge in [0.25, 0.3) is 0 Å². The van der Waals surface area contributed by atoms with Crippen molar-refractivity contribution in [2.24, 2.45) is 5.92 Å². The molecule has 1 unspecified atom stereocenters. The van der Waals surface area contributed by atoms with Crippen LogP contribution in [-0.2, 0) is 16.0 Å². The number of alkyl halides is 1. The molecule has 0 saturated heterocycles. The third-order valence-electron chi connectivity index (χ3n) is 4.53. The Morgan fingerprint density at radius 3 is 2.38 bits per heavy atom. The second-order valence-corrected chi connectivity index (χ2v) is 7.61. The number of carbonyl (C=O) groups excluding carboxylic acids is 2.